The molecule has 1 aromatic carbocycles. The molecule has 1 aliphatic rings. The normalized spacial score (nSPS) is 14.6. The Kier molecular flexibility index (Phi) is 1.71. The molecule has 0 N–H and O–H groups in total. The van der Waals surface area contributed by atoms with Gasteiger partial charge in [0.2, 0.25) is 0 Å². The molecule has 1 aliphatic carbocycles. The Balaban J connectivity index is 2.60. The van der Waals surface area contributed by atoms with E-state index in [2.05, 4.69) is 18.2 Å². The van der Waals surface area contributed by atoms with Crippen LogP contribution < -0.4 is 0 Å². The highest BCUT2D eigenvalue weighted by molar-refractivity contribution is 6.31. The third-order valence-electron chi connectivity index (χ3n) is 2.01. The SMILES string of the molecule is Clc1cccc2c1CCC=C2. The van der Waals surface area contributed by atoms with Gasteiger partial charge < -0.3 is 0 Å². The number of allylic oxidation sites excluding steroid dienone is 1. The fraction of sp³-hybridized carbons (Fsp3) is 0.200. The topological polar surface area (TPSA) is 0 Å². The zero-order chi connectivity index (χ0) is 7.68. The molecule has 0 amide bonds. The van der Waals surface area contributed by atoms with Gasteiger partial charge in [0, 0.05) is 5.02 Å². The molecule has 0 atom stereocenters. The van der Waals surface area contributed by atoms with E-state index < -0.39 is 0 Å². The van der Waals surface area contributed by atoms with Gasteiger partial charge in [-0.1, -0.05) is 35.9 Å². The minimum atomic E-state index is 0.909. The predicted molar refractivity (Wildman–Crippen MR) is 48.8 cm³/mol. The van der Waals surface area contributed by atoms with Crippen molar-refractivity contribution in [2.45, 2.75) is 12.8 Å². The lowest BCUT2D eigenvalue weighted by atomic mass is 9.98. The summed E-state index contributed by atoms with van der Waals surface area (Å²) >= 11 is 6.01. The number of rotatable bonds is 0. The van der Waals surface area contributed by atoms with Crippen LogP contribution in [0.2, 0.25) is 5.02 Å². The third-order valence-corrected chi connectivity index (χ3v) is 2.37. The van der Waals surface area contributed by atoms with Crippen LogP contribution in [0.3, 0.4) is 0 Å². The van der Waals surface area contributed by atoms with Crippen LogP contribution in [-0.2, 0) is 6.42 Å². The second-order valence-corrected chi connectivity index (χ2v) is 3.16. The van der Waals surface area contributed by atoms with Crippen molar-refractivity contribution in [3.05, 3.63) is 40.4 Å². The molecule has 0 unspecified atom stereocenters. The van der Waals surface area contributed by atoms with E-state index in [4.69, 9.17) is 11.6 Å². The Labute approximate surface area is 71.5 Å². The van der Waals surface area contributed by atoms with Crippen LogP contribution in [0.1, 0.15) is 17.5 Å². The highest BCUT2D eigenvalue weighted by atomic mass is 35.5. The van der Waals surface area contributed by atoms with Crippen molar-refractivity contribution in [1.29, 1.82) is 0 Å². The molecule has 1 heteroatoms. The molecule has 0 bridgehead atoms. The quantitative estimate of drug-likeness (QED) is 0.552. The zero-order valence-corrected chi connectivity index (χ0v) is 6.93. The summed E-state index contributed by atoms with van der Waals surface area (Å²) in [6.45, 7) is 0. The van der Waals surface area contributed by atoms with E-state index in [1.54, 1.807) is 0 Å². The van der Waals surface area contributed by atoms with Crippen LogP contribution in [0, 0.1) is 0 Å². The average molecular weight is 165 g/mol. The Morgan fingerprint density at radius 1 is 1.27 bits per heavy atom. The van der Waals surface area contributed by atoms with Gasteiger partial charge in [0.25, 0.3) is 0 Å². The summed E-state index contributed by atoms with van der Waals surface area (Å²) in [4.78, 5) is 0. The van der Waals surface area contributed by atoms with Gasteiger partial charge in [0.1, 0.15) is 0 Å². The molecular formula is C10H9Cl. The highest BCUT2D eigenvalue weighted by Gasteiger charge is 2.06. The van der Waals surface area contributed by atoms with E-state index in [1.807, 2.05) is 12.1 Å². The van der Waals surface area contributed by atoms with E-state index in [9.17, 15) is 0 Å². The van der Waals surface area contributed by atoms with E-state index in [1.165, 1.54) is 11.1 Å². The highest BCUT2D eigenvalue weighted by Crippen LogP contribution is 2.25. The third kappa shape index (κ3) is 1.19. The summed E-state index contributed by atoms with van der Waals surface area (Å²) in [6.07, 6.45) is 6.55. The first-order valence-corrected chi connectivity index (χ1v) is 4.19. The molecule has 0 aromatic heterocycles. The number of hydrogen-bond donors (Lipinski definition) is 0. The molecule has 0 saturated heterocycles. The lowest BCUT2D eigenvalue weighted by Crippen LogP contribution is -1.93. The molecule has 0 nitrogen and oxygen atoms in total. The monoisotopic (exact) mass is 164 g/mol. The molecule has 0 fully saturated rings. The molecule has 0 heterocycles. The van der Waals surface area contributed by atoms with Crippen LogP contribution in [0.5, 0.6) is 0 Å². The predicted octanol–water partition coefficient (Wildman–Crippen LogP) is 3.30. The number of hydrogen-bond acceptors (Lipinski definition) is 0. The fourth-order valence-corrected chi connectivity index (χ4v) is 1.71. The van der Waals surface area contributed by atoms with Crippen molar-refractivity contribution in [2.24, 2.45) is 0 Å². The number of benzene rings is 1. The summed E-state index contributed by atoms with van der Waals surface area (Å²) < 4.78 is 0. The Morgan fingerprint density at radius 2 is 2.18 bits per heavy atom. The van der Waals surface area contributed by atoms with Crippen LogP contribution in [0.15, 0.2) is 24.3 Å². The zero-order valence-electron chi connectivity index (χ0n) is 6.18. The minimum Gasteiger partial charge on any atom is -0.0840 e. The van der Waals surface area contributed by atoms with Gasteiger partial charge in [-0.3, -0.25) is 0 Å². The molecular weight excluding hydrogens is 156 g/mol. The van der Waals surface area contributed by atoms with Gasteiger partial charge in [-0.15, -0.1) is 0 Å². The smallest absolute Gasteiger partial charge is 0.0444 e. The maximum Gasteiger partial charge on any atom is 0.0444 e. The van der Waals surface area contributed by atoms with Crippen LogP contribution in [0.4, 0.5) is 0 Å². The van der Waals surface area contributed by atoms with Crippen LogP contribution in [0.25, 0.3) is 6.08 Å². The lowest BCUT2D eigenvalue weighted by molar-refractivity contribution is 0.986. The van der Waals surface area contributed by atoms with Gasteiger partial charge >= 0.3 is 0 Å². The van der Waals surface area contributed by atoms with Crippen molar-refractivity contribution in [2.75, 3.05) is 0 Å². The summed E-state index contributed by atoms with van der Waals surface area (Å²) in [5.41, 5.74) is 2.58. The van der Waals surface area contributed by atoms with Crippen molar-refractivity contribution in [3.8, 4) is 0 Å². The standard InChI is InChI=1S/C10H9Cl/c11-10-7-3-5-8-4-1-2-6-9(8)10/h1,3-5,7H,2,6H2. The first-order valence-electron chi connectivity index (χ1n) is 3.82. The summed E-state index contributed by atoms with van der Waals surface area (Å²) in [7, 11) is 0. The Hall–Kier alpha value is -0.750. The summed E-state index contributed by atoms with van der Waals surface area (Å²) in [5.74, 6) is 0. The second kappa shape index (κ2) is 2.71. The van der Waals surface area contributed by atoms with Crippen LogP contribution >= 0.6 is 11.6 Å². The molecule has 0 saturated carbocycles. The van der Waals surface area contributed by atoms with Gasteiger partial charge in [0.15, 0.2) is 0 Å². The lowest BCUT2D eigenvalue weighted by Gasteiger charge is -2.10. The molecule has 0 aliphatic heterocycles. The average Bonchev–Trinajstić information content (AvgIpc) is 2.06. The van der Waals surface area contributed by atoms with Crippen molar-refractivity contribution < 1.29 is 0 Å². The van der Waals surface area contributed by atoms with Crippen LogP contribution in [-0.4, -0.2) is 0 Å². The largest absolute Gasteiger partial charge is 0.0840 e. The van der Waals surface area contributed by atoms with E-state index in [0.29, 0.717) is 0 Å². The van der Waals surface area contributed by atoms with Gasteiger partial charge in [0.05, 0.1) is 0 Å². The van der Waals surface area contributed by atoms with Gasteiger partial charge in [-0.05, 0) is 30.0 Å². The second-order valence-electron chi connectivity index (χ2n) is 2.75. The Bertz CT molecular complexity index is 300. The Morgan fingerprint density at radius 3 is 3.00 bits per heavy atom. The van der Waals surface area contributed by atoms with E-state index >= 15 is 0 Å². The van der Waals surface area contributed by atoms with Crippen molar-refractivity contribution >= 4 is 17.7 Å². The van der Waals surface area contributed by atoms with Crippen molar-refractivity contribution in [3.63, 3.8) is 0 Å². The first kappa shape index (κ1) is 6.93. The summed E-state index contributed by atoms with van der Waals surface area (Å²) in [6, 6.07) is 6.06. The minimum absolute atomic E-state index is 0.909. The van der Waals surface area contributed by atoms with E-state index in [-0.39, 0.29) is 0 Å². The molecule has 56 valence electrons. The molecule has 1 aromatic rings. The van der Waals surface area contributed by atoms with Gasteiger partial charge in [-0.2, -0.15) is 0 Å². The molecule has 11 heavy (non-hydrogen) atoms. The number of halogens is 1. The molecule has 0 spiro atoms. The maximum atomic E-state index is 6.01. The fourth-order valence-electron chi connectivity index (χ4n) is 1.43. The molecule has 2 rings (SSSR count). The first-order chi connectivity index (χ1) is 5.38. The number of fused-ring (bicyclic) bond motifs is 1. The van der Waals surface area contributed by atoms with E-state index in [0.717, 1.165) is 17.9 Å². The summed E-state index contributed by atoms with van der Waals surface area (Å²) in [5, 5.41) is 0.909. The molecule has 0 radical (unpaired) electrons. The maximum absolute atomic E-state index is 6.01. The van der Waals surface area contributed by atoms with Crippen molar-refractivity contribution in [1.82, 2.24) is 0 Å². The van der Waals surface area contributed by atoms with Gasteiger partial charge in [-0.25, -0.2) is 0 Å².